The number of urea groups is 1. The number of hydroxylamine groups is 2. The van der Waals surface area contributed by atoms with Gasteiger partial charge in [0.25, 0.3) is 5.91 Å². The predicted molar refractivity (Wildman–Crippen MR) is 190 cm³/mol. The number of β-lactam (4-membered cyclic amide) rings is 1. The second-order valence-electron chi connectivity index (χ2n) is 12.7. The molecule has 56 heavy (non-hydrogen) atoms. The molecule has 6 amide bonds. The number of carbonyl (C=O) groups is 8. The van der Waals surface area contributed by atoms with Crippen LogP contribution in [-0.4, -0.2) is 152 Å². The van der Waals surface area contributed by atoms with E-state index in [-0.39, 0.29) is 34.5 Å². The van der Waals surface area contributed by atoms with Crippen LogP contribution in [0.2, 0.25) is 5.02 Å². The summed E-state index contributed by atoms with van der Waals surface area (Å²) in [5.41, 5.74) is 5.14. The van der Waals surface area contributed by atoms with E-state index in [9.17, 15) is 64.0 Å². The predicted octanol–water partition coefficient (Wildman–Crippen LogP) is -0.938. The van der Waals surface area contributed by atoms with Crippen molar-refractivity contribution in [3.63, 3.8) is 0 Å². The number of fused-ring (bicyclic) bond motifs is 1. The highest BCUT2D eigenvalue weighted by Crippen LogP contribution is 2.53. The molecular formula is C30H32ClN9O14S2. The number of nitrogens with zero attached hydrogens (tertiary/aromatic N) is 6. The molecule has 5 rings (SSSR count). The highest BCUT2D eigenvalue weighted by atomic mass is 35.5. The Morgan fingerprint density at radius 2 is 1.86 bits per heavy atom. The van der Waals surface area contributed by atoms with Crippen LogP contribution in [0.25, 0.3) is 0 Å². The van der Waals surface area contributed by atoms with Gasteiger partial charge in [-0.3, -0.25) is 39.5 Å². The first-order chi connectivity index (χ1) is 26.2. The van der Waals surface area contributed by atoms with E-state index in [1.165, 1.54) is 19.2 Å². The fourth-order valence-electron chi connectivity index (χ4n) is 5.54. The number of phenolic OH excluding ortho intramolecular Hbond substituents is 2. The molecule has 1 aromatic carbocycles. The number of aromatic hydroxyl groups is 2. The number of oxime groups is 1. The van der Waals surface area contributed by atoms with Crippen LogP contribution < -0.4 is 16.5 Å². The number of halogens is 1. The first-order valence-corrected chi connectivity index (χ1v) is 18.2. The van der Waals surface area contributed by atoms with Crippen LogP contribution in [0, 0.1) is 5.92 Å². The Balaban J connectivity index is 1.19. The maximum absolute atomic E-state index is 13.5. The number of nitrogens with two attached hydrogens (primary N) is 1. The third-order valence-electron chi connectivity index (χ3n) is 8.66. The second-order valence-corrected chi connectivity index (χ2v) is 15.4. The zero-order valence-electron chi connectivity index (χ0n) is 29.0. The van der Waals surface area contributed by atoms with Gasteiger partial charge in [0.05, 0.1) is 41.5 Å². The van der Waals surface area contributed by atoms with Gasteiger partial charge in [0.2, 0.25) is 16.4 Å². The summed E-state index contributed by atoms with van der Waals surface area (Å²) in [5.74, 6) is -10.7. The summed E-state index contributed by atoms with van der Waals surface area (Å²) in [7, 11) is 0. The average molecular weight is 842 g/mol. The normalized spacial score (nSPS) is 20.6. The molecule has 3 atom stereocenters. The molecule has 0 spiro atoms. The lowest BCUT2D eigenvalue weighted by molar-refractivity contribution is -0.171. The number of aromatic nitrogens is 1. The Hall–Kier alpha value is -5.92. The van der Waals surface area contributed by atoms with Crippen molar-refractivity contribution in [3.05, 3.63) is 33.8 Å². The number of rotatable bonds is 14. The molecule has 0 saturated carbocycles. The van der Waals surface area contributed by atoms with Gasteiger partial charge >= 0.3 is 29.8 Å². The number of hydrogen-bond acceptors (Lipinski definition) is 17. The standard InChI is InChI=1S/C30H32ClN9O14S2/c1-29(2,25(48)49)54-36-18(14-10-55-27(32)34-14)16(42)9-13-22(46)37-11-30(26(50)51,56-24(13)37)38-7-8-39(28(38)52)35-21(45)23(47)40(53)6-5-33-20(44)12-3-4-15(41)19(43)17(12)31/h3-4,10,13,24,41,43,53H,5-9,11H2,1-2H3,(H2,32,34)(H,33,44)(H,35,45)(H,48,49)(H,50,51)/b36-18-/t13-,24-,30-/m1/s1. The molecule has 3 aliphatic heterocycles. The Bertz CT molecular complexity index is 2060. The maximum Gasteiger partial charge on any atom is 0.350 e. The molecule has 23 nitrogen and oxygen atoms in total. The van der Waals surface area contributed by atoms with E-state index < -0.39 is 117 Å². The fraction of sp³-hybridized carbons (Fsp3) is 0.400. The lowest BCUT2D eigenvalue weighted by Gasteiger charge is -2.40. The minimum Gasteiger partial charge on any atom is -0.504 e. The Morgan fingerprint density at radius 3 is 2.48 bits per heavy atom. The summed E-state index contributed by atoms with van der Waals surface area (Å²) in [5, 5.41) is 55.7. The fourth-order valence-corrected chi connectivity index (χ4v) is 8.03. The number of amides is 6. The minimum atomic E-state index is -2.09. The van der Waals surface area contributed by atoms with Crippen LogP contribution in [0.3, 0.4) is 0 Å². The summed E-state index contributed by atoms with van der Waals surface area (Å²) in [6.07, 6.45) is -0.524. The molecule has 3 aliphatic rings. The second kappa shape index (κ2) is 15.7. The largest absolute Gasteiger partial charge is 0.504 e. The number of hydrazine groups is 1. The number of phenols is 2. The van der Waals surface area contributed by atoms with E-state index >= 15 is 0 Å². The van der Waals surface area contributed by atoms with E-state index in [0.29, 0.717) is 16.8 Å². The maximum atomic E-state index is 13.5. The molecule has 3 saturated heterocycles. The Morgan fingerprint density at radius 1 is 1.16 bits per heavy atom. The van der Waals surface area contributed by atoms with Crippen LogP contribution in [0.5, 0.6) is 11.5 Å². The van der Waals surface area contributed by atoms with Gasteiger partial charge < -0.3 is 41.2 Å². The number of thiazole rings is 1. The molecule has 0 radical (unpaired) electrons. The number of ketones is 1. The SMILES string of the molecule is CC(C)(O/N=C(\C(=O)C[C@@H]1C(=O)N2C[C@@](C(=O)O)(N3CCN(NC(=O)C(=O)N(O)CCNC(=O)c4ccc(O)c(O)c4Cl)C3=O)S[C@H]12)c1csc(N)n1)C(=O)O. The van der Waals surface area contributed by atoms with E-state index in [0.717, 1.165) is 33.3 Å². The van der Waals surface area contributed by atoms with Crippen molar-refractivity contribution in [2.24, 2.45) is 11.1 Å². The van der Waals surface area contributed by atoms with Crippen LogP contribution in [-0.2, 0) is 33.6 Å². The third kappa shape index (κ3) is 7.77. The topological polar surface area (TPSA) is 335 Å². The summed E-state index contributed by atoms with van der Waals surface area (Å²) in [6, 6.07) is 1.05. The number of Topliss-reactive ketones (excluding diaryl/α,β-unsaturated/α-hetero) is 1. The first-order valence-electron chi connectivity index (χ1n) is 16.0. The zero-order chi connectivity index (χ0) is 41.4. The third-order valence-corrected chi connectivity index (χ3v) is 11.5. The van der Waals surface area contributed by atoms with Gasteiger partial charge in [-0.15, -0.1) is 11.3 Å². The summed E-state index contributed by atoms with van der Waals surface area (Å²) >= 11 is 7.50. The number of anilines is 1. The molecule has 4 heterocycles. The molecule has 0 unspecified atom stereocenters. The molecule has 2 aromatic rings. The molecule has 1 aromatic heterocycles. The van der Waals surface area contributed by atoms with Gasteiger partial charge in [0.15, 0.2) is 28.1 Å². The van der Waals surface area contributed by atoms with Gasteiger partial charge in [-0.2, -0.15) is 0 Å². The first kappa shape index (κ1) is 41.2. The van der Waals surface area contributed by atoms with Gasteiger partial charge in [0, 0.05) is 24.9 Å². The summed E-state index contributed by atoms with van der Waals surface area (Å²) in [6.45, 7) is 0.201. The quantitative estimate of drug-likeness (QED) is 0.0284. The summed E-state index contributed by atoms with van der Waals surface area (Å²) < 4.78 is 0. The van der Waals surface area contributed by atoms with Crippen LogP contribution in [0.1, 0.15) is 36.3 Å². The highest BCUT2D eigenvalue weighted by molar-refractivity contribution is 8.02. The van der Waals surface area contributed by atoms with E-state index in [1.807, 2.05) is 5.43 Å². The van der Waals surface area contributed by atoms with Crippen molar-refractivity contribution in [2.75, 3.05) is 38.5 Å². The number of benzene rings is 1. The van der Waals surface area contributed by atoms with Gasteiger partial charge in [-0.05, 0) is 26.0 Å². The Labute approximate surface area is 327 Å². The number of thioether (sulfide) groups is 1. The number of hydrogen-bond donors (Lipinski definition) is 8. The highest BCUT2D eigenvalue weighted by Gasteiger charge is 2.66. The lowest BCUT2D eigenvalue weighted by atomic mass is 9.90. The van der Waals surface area contributed by atoms with Crippen molar-refractivity contribution >= 4 is 92.9 Å². The van der Waals surface area contributed by atoms with E-state index in [4.69, 9.17) is 22.2 Å². The van der Waals surface area contributed by atoms with Crippen LogP contribution >= 0.6 is 34.7 Å². The monoisotopic (exact) mass is 841 g/mol. The average Bonchev–Trinajstić information content (AvgIpc) is 3.84. The number of carbonyl (C=O) groups excluding carboxylic acids is 6. The van der Waals surface area contributed by atoms with Crippen molar-refractivity contribution < 1.29 is 68.8 Å². The number of nitrogen functional groups attached to an aromatic ring is 1. The Kier molecular flexibility index (Phi) is 11.5. The van der Waals surface area contributed by atoms with Crippen LogP contribution in [0.15, 0.2) is 22.7 Å². The minimum absolute atomic E-state index is 0.0430. The zero-order valence-corrected chi connectivity index (χ0v) is 31.4. The van der Waals surface area contributed by atoms with Gasteiger partial charge in [0.1, 0.15) is 5.69 Å². The van der Waals surface area contributed by atoms with Gasteiger partial charge in [-0.25, -0.2) is 29.4 Å². The van der Waals surface area contributed by atoms with Crippen molar-refractivity contribution in [2.45, 2.75) is 36.1 Å². The molecule has 26 heteroatoms. The molecule has 300 valence electrons. The van der Waals surface area contributed by atoms with Crippen molar-refractivity contribution in [1.29, 1.82) is 0 Å². The van der Waals surface area contributed by atoms with E-state index in [1.54, 1.807) is 0 Å². The van der Waals surface area contributed by atoms with Gasteiger partial charge in [-0.1, -0.05) is 28.5 Å². The number of aliphatic carboxylic acids is 2. The number of carboxylic acid groups (broad SMARTS) is 2. The number of carboxylic acids is 2. The molecule has 0 aliphatic carbocycles. The van der Waals surface area contributed by atoms with Crippen molar-refractivity contribution in [3.8, 4) is 11.5 Å². The smallest absolute Gasteiger partial charge is 0.350 e. The molecular weight excluding hydrogens is 810 g/mol. The van der Waals surface area contributed by atoms with E-state index in [2.05, 4.69) is 15.5 Å². The molecule has 3 fully saturated rings. The summed E-state index contributed by atoms with van der Waals surface area (Å²) in [4.78, 5) is 111. The molecule has 0 bridgehead atoms. The molecule has 9 N–H and O–H groups in total. The lowest BCUT2D eigenvalue weighted by Crippen LogP contribution is -2.60. The van der Waals surface area contributed by atoms with Crippen LogP contribution in [0.4, 0.5) is 9.93 Å². The number of nitrogens with one attached hydrogen (secondary N) is 2. The van der Waals surface area contributed by atoms with Crippen molar-refractivity contribution in [1.82, 2.24) is 35.6 Å².